The quantitative estimate of drug-likeness (QED) is 0.852. The van der Waals surface area contributed by atoms with Crippen molar-refractivity contribution < 1.29 is 0 Å². The second-order valence-electron chi connectivity index (χ2n) is 5.46. The summed E-state index contributed by atoms with van der Waals surface area (Å²) in [4.78, 5) is 9.38. The predicted octanol–water partition coefficient (Wildman–Crippen LogP) is 2.57. The summed E-state index contributed by atoms with van der Waals surface area (Å²) in [5, 5.41) is 0. The van der Waals surface area contributed by atoms with Gasteiger partial charge in [-0.15, -0.1) is 0 Å². The molecule has 20 heavy (non-hydrogen) atoms. The molecule has 0 radical (unpaired) electrons. The van der Waals surface area contributed by atoms with E-state index in [1.54, 1.807) is 0 Å². The molecule has 1 fully saturated rings. The Balaban J connectivity index is 1.70. The van der Waals surface area contributed by atoms with Gasteiger partial charge in [0.15, 0.2) is 0 Å². The van der Waals surface area contributed by atoms with Crippen molar-refractivity contribution in [2.45, 2.75) is 12.6 Å². The van der Waals surface area contributed by atoms with Crippen LogP contribution in [0.5, 0.6) is 0 Å². The fourth-order valence-corrected chi connectivity index (χ4v) is 2.83. The summed E-state index contributed by atoms with van der Waals surface area (Å²) in [6, 6.07) is 17.4. The third-order valence-corrected chi connectivity index (χ3v) is 4.03. The predicted molar refractivity (Wildman–Crippen MR) is 81.3 cm³/mol. The lowest BCUT2D eigenvalue weighted by atomic mass is 10.0. The van der Waals surface area contributed by atoms with E-state index in [1.165, 1.54) is 5.56 Å². The molecular formula is C17H21N3. The molecule has 3 nitrogen and oxygen atoms in total. The van der Waals surface area contributed by atoms with Crippen LogP contribution in [0.25, 0.3) is 0 Å². The Morgan fingerprint density at radius 1 is 1.05 bits per heavy atom. The number of hydrogen-bond donors (Lipinski definition) is 0. The number of likely N-dealkylation sites (N-methyl/N-ethyl adjacent to an activating group) is 1. The number of piperazine rings is 1. The highest BCUT2D eigenvalue weighted by Crippen LogP contribution is 2.24. The minimum Gasteiger partial charge on any atom is -0.297 e. The molecule has 0 amide bonds. The summed E-state index contributed by atoms with van der Waals surface area (Å²) in [6.07, 6.45) is 1.88. The van der Waals surface area contributed by atoms with E-state index in [9.17, 15) is 0 Å². The van der Waals surface area contributed by atoms with E-state index in [0.29, 0.717) is 6.04 Å². The molecule has 3 rings (SSSR count). The van der Waals surface area contributed by atoms with Gasteiger partial charge in [0, 0.05) is 38.4 Å². The fourth-order valence-electron chi connectivity index (χ4n) is 2.83. The summed E-state index contributed by atoms with van der Waals surface area (Å²) in [7, 11) is 2.22. The maximum absolute atomic E-state index is 4.43. The summed E-state index contributed by atoms with van der Waals surface area (Å²) >= 11 is 0. The zero-order valence-electron chi connectivity index (χ0n) is 11.9. The molecule has 0 aliphatic carbocycles. The first kappa shape index (κ1) is 13.3. The lowest BCUT2D eigenvalue weighted by Crippen LogP contribution is -2.46. The minimum absolute atomic E-state index is 0.480. The van der Waals surface area contributed by atoms with E-state index in [0.717, 1.165) is 31.9 Å². The van der Waals surface area contributed by atoms with E-state index in [1.807, 2.05) is 12.3 Å². The molecule has 1 aliphatic rings. The molecule has 0 N–H and O–H groups in total. The van der Waals surface area contributed by atoms with Gasteiger partial charge >= 0.3 is 0 Å². The second kappa shape index (κ2) is 6.16. The lowest BCUT2D eigenvalue weighted by Gasteiger charge is -2.39. The molecule has 1 aliphatic heterocycles. The Labute approximate surface area is 120 Å². The van der Waals surface area contributed by atoms with Crippen LogP contribution in [0.3, 0.4) is 0 Å². The van der Waals surface area contributed by atoms with Gasteiger partial charge < -0.3 is 0 Å². The van der Waals surface area contributed by atoms with Crippen LogP contribution in [0.1, 0.15) is 17.3 Å². The molecule has 0 saturated carbocycles. The van der Waals surface area contributed by atoms with Gasteiger partial charge in [0.05, 0.1) is 5.69 Å². The first-order valence-corrected chi connectivity index (χ1v) is 7.20. The Morgan fingerprint density at radius 3 is 2.60 bits per heavy atom. The zero-order chi connectivity index (χ0) is 13.8. The average molecular weight is 267 g/mol. The standard InChI is InChI=1S/C17H21N3/c1-19-11-12-20(13-16-9-5-6-10-18-16)14-17(19)15-7-3-2-4-8-15/h2-10,17H,11-14H2,1H3/t17-/m0/s1. The van der Waals surface area contributed by atoms with Crippen molar-refractivity contribution in [1.29, 1.82) is 0 Å². The first-order chi connectivity index (χ1) is 9.83. The number of aromatic nitrogens is 1. The van der Waals surface area contributed by atoms with Crippen LogP contribution in [-0.2, 0) is 6.54 Å². The van der Waals surface area contributed by atoms with Crippen LogP contribution in [0.2, 0.25) is 0 Å². The SMILES string of the molecule is CN1CCN(Cc2ccccn2)C[C@H]1c1ccccc1. The van der Waals surface area contributed by atoms with Crippen molar-refractivity contribution in [3.05, 3.63) is 66.0 Å². The van der Waals surface area contributed by atoms with Crippen LogP contribution in [-0.4, -0.2) is 41.5 Å². The molecule has 1 aromatic heterocycles. The normalized spacial score (nSPS) is 20.9. The minimum atomic E-state index is 0.480. The van der Waals surface area contributed by atoms with E-state index >= 15 is 0 Å². The highest BCUT2D eigenvalue weighted by atomic mass is 15.3. The Hall–Kier alpha value is -1.71. The van der Waals surface area contributed by atoms with Gasteiger partial charge in [-0.1, -0.05) is 36.4 Å². The third-order valence-electron chi connectivity index (χ3n) is 4.03. The maximum atomic E-state index is 4.43. The van der Waals surface area contributed by atoms with Gasteiger partial charge in [-0.25, -0.2) is 0 Å². The maximum Gasteiger partial charge on any atom is 0.0543 e. The third kappa shape index (κ3) is 3.06. The van der Waals surface area contributed by atoms with Crippen molar-refractivity contribution in [3.8, 4) is 0 Å². The molecular weight excluding hydrogens is 246 g/mol. The molecule has 2 heterocycles. The van der Waals surface area contributed by atoms with Crippen LogP contribution >= 0.6 is 0 Å². The molecule has 104 valence electrons. The average Bonchev–Trinajstić information content (AvgIpc) is 2.51. The van der Waals surface area contributed by atoms with Crippen molar-refractivity contribution in [2.24, 2.45) is 0 Å². The van der Waals surface area contributed by atoms with Gasteiger partial charge in [-0.2, -0.15) is 0 Å². The first-order valence-electron chi connectivity index (χ1n) is 7.20. The largest absolute Gasteiger partial charge is 0.297 e. The lowest BCUT2D eigenvalue weighted by molar-refractivity contribution is 0.0896. The number of rotatable bonds is 3. The summed E-state index contributed by atoms with van der Waals surface area (Å²) in [5.74, 6) is 0. The molecule has 0 unspecified atom stereocenters. The highest BCUT2D eigenvalue weighted by molar-refractivity contribution is 5.20. The number of pyridine rings is 1. The Kier molecular flexibility index (Phi) is 4.09. The molecule has 0 spiro atoms. The van der Waals surface area contributed by atoms with Crippen molar-refractivity contribution in [2.75, 3.05) is 26.7 Å². The van der Waals surface area contributed by atoms with Gasteiger partial charge in [0.1, 0.15) is 0 Å². The molecule has 2 aromatic rings. The topological polar surface area (TPSA) is 19.4 Å². The molecule has 1 atom stereocenters. The number of hydrogen-bond acceptors (Lipinski definition) is 3. The molecule has 3 heteroatoms. The van der Waals surface area contributed by atoms with Crippen LogP contribution in [0.15, 0.2) is 54.7 Å². The van der Waals surface area contributed by atoms with Gasteiger partial charge in [0.25, 0.3) is 0 Å². The zero-order valence-corrected chi connectivity index (χ0v) is 11.9. The molecule has 0 bridgehead atoms. The molecule has 1 aromatic carbocycles. The van der Waals surface area contributed by atoms with E-state index in [2.05, 4.69) is 64.3 Å². The summed E-state index contributed by atoms with van der Waals surface area (Å²) in [5.41, 5.74) is 2.56. The second-order valence-corrected chi connectivity index (χ2v) is 5.46. The monoisotopic (exact) mass is 267 g/mol. The van der Waals surface area contributed by atoms with Crippen molar-refractivity contribution >= 4 is 0 Å². The van der Waals surface area contributed by atoms with E-state index < -0.39 is 0 Å². The van der Waals surface area contributed by atoms with E-state index in [-0.39, 0.29) is 0 Å². The van der Waals surface area contributed by atoms with E-state index in [4.69, 9.17) is 0 Å². The van der Waals surface area contributed by atoms with Gasteiger partial charge in [-0.3, -0.25) is 14.8 Å². The van der Waals surface area contributed by atoms with Crippen molar-refractivity contribution in [3.63, 3.8) is 0 Å². The Bertz CT molecular complexity index is 526. The Morgan fingerprint density at radius 2 is 1.85 bits per heavy atom. The van der Waals surface area contributed by atoms with Crippen LogP contribution < -0.4 is 0 Å². The van der Waals surface area contributed by atoms with Crippen molar-refractivity contribution in [1.82, 2.24) is 14.8 Å². The smallest absolute Gasteiger partial charge is 0.0543 e. The molecule has 1 saturated heterocycles. The number of benzene rings is 1. The van der Waals surface area contributed by atoms with Gasteiger partial charge in [-0.05, 0) is 24.7 Å². The number of nitrogens with zero attached hydrogens (tertiary/aromatic N) is 3. The summed E-state index contributed by atoms with van der Waals surface area (Å²) < 4.78 is 0. The summed E-state index contributed by atoms with van der Waals surface area (Å²) in [6.45, 7) is 4.22. The fraction of sp³-hybridized carbons (Fsp3) is 0.353. The highest BCUT2D eigenvalue weighted by Gasteiger charge is 2.25. The van der Waals surface area contributed by atoms with Crippen LogP contribution in [0, 0.1) is 0 Å². The van der Waals surface area contributed by atoms with Crippen LogP contribution in [0.4, 0.5) is 0 Å². The van der Waals surface area contributed by atoms with Gasteiger partial charge in [0.2, 0.25) is 0 Å².